The van der Waals surface area contributed by atoms with E-state index in [1.54, 1.807) is 13.2 Å². The summed E-state index contributed by atoms with van der Waals surface area (Å²) in [5.41, 5.74) is 0.0608. The van der Waals surface area contributed by atoms with Crippen molar-refractivity contribution in [2.75, 3.05) is 26.9 Å². The molecule has 2 aromatic rings. The van der Waals surface area contributed by atoms with Gasteiger partial charge in [0.25, 0.3) is 0 Å². The summed E-state index contributed by atoms with van der Waals surface area (Å²) in [6.45, 7) is 1.67. The molecule has 14 nitrogen and oxygen atoms in total. The summed E-state index contributed by atoms with van der Waals surface area (Å²) in [5, 5.41) is 66.0. The van der Waals surface area contributed by atoms with Crippen molar-refractivity contribution in [2.45, 2.75) is 80.9 Å². The Bertz CT molecular complexity index is 1410. The summed E-state index contributed by atoms with van der Waals surface area (Å²) >= 11 is 0. The largest absolute Gasteiger partial charge is 0.490 e. The predicted molar refractivity (Wildman–Crippen MR) is 144 cm³/mol. The molecule has 236 valence electrons. The smallest absolute Gasteiger partial charge is 0.309 e. The van der Waals surface area contributed by atoms with Crippen molar-refractivity contribution < 1.29 is 63.6 Å². The second kappa shape index (κ2) is 11.2. The van der Waals surface area contributed by atoms with Crippen LogP contribution in [0.2, 0.25) is 0 Å². The molecule has 2 aliphatic carbocycles. The highest BCUT2D eigenvalue weighted by Gasteiger charge is 2.58. The van der Waals surface area contributed by atoms with E-state index < -0.39 is 61.4 Å². The Balaban J connectivity index is 1.55. The van der Waals surface area contributed by atoms with E-state index in [9.17, 15) is 40.2 Å². The maximum atomic E-state index is 13.1. The maximum Gasteiger partial charge on any atom is 0.309 e. The molecule has 1 aromatic heterocycles. The van der Waals surface area contributed by atoms with Crippen LogP contribution in [0.25, 0.3) is 11.0 Å². The Labute approximate surface area is 246 Å². The number of furan rings is 1. The normalized spacial score (nSPS) is 35.0. The summed E-state index contributed by atoms with van der Waals surface area (Å²) in [4.78, 5) is 26.0. The Hall–Kier alpha value is -2.98. The average molecular weight is 608 g/mol. The van der Waals surface area contributed by atoms with E-state index in [1.807, 2.05) is 0 Å². The van der Waals surface area contributed by atoms with Crippen LogP contribution in [0.15, 0.2) is 10.7 Å². The van der Waals surface area contributed by atoms with Crippen LogP contribution in [0.5, 0.6) is 11.5 Å². The van der Waals surface area contributed by atoms with E-state index in [-0.39, 0.29) is 48.2 Å². The number of hydrogen-bond acceptors (Lipinski definition) is 13. The minimum atomic E-state index is -2.40. The number of hydrogen-bond donors (Lipinski definition) is 7. The number of methoxy groups -OCH3 is 1. The van der Waals surface area contributed by atoms with E-state index in [1.165, 1.54) is 7.11 Å². The van der Waals surface area contributed by atoms with Gasteiger partial charge in [-0.05, 0) is 37.7 Å². The number of amides is 1. The van der Waals surface area contributed by atoms with Gasteiger partial charge >= 0.3 is 5.97 Å². The van der Waals surface area contributed by atoms with Crippen molar-refractivity contribution in [1.82, 2.24) is 5.32 Å². The van der Waals surface area contributed by atoms with Crippen molar-refractivity contribution in [2.24, 2.45) is 11.8 Å². The summed E-state index contributed by atoms with van der Waals surface area (Å²) in [6, 6.07) is 0. The van der Waals surface area contributed by atoms with E-state index >= 15 is 0 Å². The molecule has 9 atom stereocenters. The van der Waals surface area contributed by atoms with E-state index in [0.717, 1.165) is 16.5 Å². The minimum Gasteiger partial charge on any atom is -0.490 e. The fourth-order valence-electron chi connectivity index (χ4n) is 7.47. The number of aliphatic hydroxyl groups excluding tert-OH is 4. The van der Waals surface area contributed by atoms with Crippen molar-refractivity contribution in [3.8, 4) is 11.5 Å². The van der Waals surface area contributed by atoms with Gasteiger partial charge in [0.15, 0.2) is 23.2 Å². The molecule has 0 saturated carbocycles. The standard InChI is InChI=1S/C29H37NO13/c1-3-40-27(37)12-6-11-7-13-15(9-30-25(13)34)16-10-41-21-18(16)17(11)14(8-12)20(23(21)39-2)42-28-29(38,4-5-31)24(33)19(32)22(43-28)26(35)36/h10-13,15,19,22,24,26,28,31-33,35-36,38H,3-9H2,1-2H3,(H,30,34)/t11-,12-,13+,15+,19+,22-,24-,28-,29+/m0/s1. The molecule has 0 bridgehead atoms. The third-order valence-electron chi connectivity index (χ3n) is 9.50. The van der Waals surface area contributed by atoms with Gasteiger partial charge in [0.05, 0.1) is 25.9 Å². The van der Waals surface area contributed by atoms with Gasteiger partial charge in [-0.15, -0.1) is 0 Å². The van der Waals surface area contributed by atoms with Crippen LogP contribution in [-0.4, -0.2) is 106 Å². The topological polar surface area (TPSA) is 218 Å². The number of ether oxygens (including phenoxy) is 4. The Kier molecular flexibility index (Phi) is 7.82. The molecule has 14 heteroatoms. The zero-order valence-corrected chi connectivity index (χ0v) is 23.8. The molecule has 2 aliphatic heterocycles. The Morgan fingerprint density at radius 1 is 1.21 bits per heavy atom. The van der Waals surface area contributed by atoms with Crippen LogP contribution in [0, 0.1) is 11.8 Å². The van der Waals surface area contributed by atoms with Crippen LogP contribution in [0.4, 0.5) is 0 Å². The number of rotatable bonds is 8. The number of benzene rings is 1. The van der Waals surface area contributed by atoms with Gasteiger partial charge in [-0.3, -0.25) is 9.59 Å². The van der Waals surface area contributed by atoms with Gasteiger partial charge in [0, 0.05) is 47.9 Å². The number of esters is 1. The number of carbonyl (C=O) groups excluding carboxylic acids is 2. The van der Waals surface area contributed by atoms with Gasteiger partial charge in [0.2, 0.25) is 17.9 Å². The molecule has 4 aliphatic rings. The second-order valence-corrected chi connectivity index (χ2v) is 11.8. The lowest BCUT2D eigenvalue weighted by Crippen LogP contribution is -2.69. The zero-order valence-electron chi connectivity index (χ0n) is 23.8. The molecule has 1 amide bonds. The van der Waals surface area contributed by atoms with Crippen molar-refractivity contribution >= 4 is 22.8 Å². The van der Waals surface area contributed by atoms with E-state index in [2.05, 4.69) is 5.32 Å². The predicted octanol–water partition coefficient (Wildman–Crippen LogP) is -0.866. The van der Waals surface area contributed by atoms with Crippen LogP contribution in [0.1, 0.15) is 54.7 Å². The summed E-state index contributed by atoms with van der Waals surface area (Å²) in [6.07, 6.45) is -7.73. The molecule has 0 unspecified atom stereocenters. The lowest BCUT2D eigenvalue weighted by molar-refractivity contribution is -0.346. The van der Waals surface area contributed by atoms with Crippen LogP contribution < -0.4 is 14.8 Å². The highest BCUT2D eigenvalue weighted by Crippen LogP contribution is 2.57. The lowest BCUT2D eigenvalue weighted by Gasteiger charge is -2.48. The van der Waals surface area contributed by atoms with Gasteiger partial charge in [0.1, 0.15) is 18.3 Å². The van der Waals surface area contributed by atoms with Crippen LogP contribution in [-0.2, 0) is 25.5 Å². The summed E-state index contributed by atoms with van der Waals surface area (Å²) < 4.78 is 29.1. The molecular formula is C29H37NO13. The zero-order chi connectivity index (χ0) is 30.8. The molecular weight excluding hydrogens is 570 g/mol. The molecule has 2 saturated heterocycles. The Morgan fingerprint density at radius 3 is 2.65 bits per heavy atom. The first-order chi connectivity index (χ1) is 20.5. The number of nitrogens with one attached hydrogen (secondary N) is 1. The molecule has 0 radical (unpaired) electrons. The molecule has 43 heavy (non-hydrogen) atoms. The van der Waals surface area contributed by atoms with Gasteiger partial charge in [-0.1, -0.05) is 0 Å². The highest BCUT2D eigenvalue weighted by molar-refractivity contribution is 5.97. The van der Waals surface area contributed by atoms with Crippen molar-refractivity contribution in [3.05, 3.63) is 23.0 Å². The first-order valence-electron chi connectivity index (χ1n) is 14.5. The quantitative estimate of drug-likeness (QED) is 0.144. The van der Waals surface area contributed by atoms with E-state index in [0.29, 0.717) is 30.5 Å². The van der Waals surface area contributed by atoms with Gasteiger partial charge in [-0.2, -0.15) is 0 Å². The fraction of sp³-hybridized carbons (Fsp3) is 0.655. The SMILES string of the molecule is CCOC(=O)[C@@H]1Cc2c(O[C@H]3O[C@H](C(O)O)[C@@H](O)[C@H](O)[C@]3(O)CCO)c(OC)c3occ4c3c2[C@@H](C1)C[C@H]1C(=O)NC[C@@H]41. The van der Waals surface area contributed by atoms with Crippen LogP contribution in [0.3, 0.4) is 0 Å². The summed E-state index contributed by atoms with van der Waals surface area (Å²) in [5.74, 6) is -1.82. The molecule has 1 aromatic carbocycles. The molecule has 7 N–H and O–H groups in total. The fourth-order valence-corrected chi connectivity index (χ4v) is 7.47. The monoisotopic (exact) mass is 607 g/mol. The third-order valence-corrected chi connectivity index (χ3v) is 9.50. The molecule has 3 heterocycles. The second-order valence-electron chi connectivity index (χ2n) is 11.8. The average Bonchev–Trinajstić information content (AvgIpc) is 3.52. The highest BCUT2D eigenvalue weighted by atomic mass is 16.7. The Morgan fingerprint density at radius 2 is 1.98 bits per heavy atom. The molecule has 6 rings (SSSR count). The minimum absolute atomic E-state index is 0.0116. The van der Waals surface area contributed by atoms with Crippen molar-refractivity contribution in [3.63, 3.8) is 0 Å². The van der Waals surface area contributed by atoms with Crippen LogP contribution >= 0.6 is 0 Å². The number of aliphatic hydroxyl groups is 6. The van der Waals surface area contributed by atoms with Gasteiger partial charge in [-0.25, -0.2) is 0 Å². The van der Waals surface area contributed by atoms with E-state index in [4.69, 9.17) is 23.4 Å². The summed E-state index contributed by atoms with van der Waals surface area (Å²) in [7, 11) is 1.38. The number of carbonyl (C=O) groups is 2. The maximum absolute atomic E-state index is 13.1. The first-order valence-corrected chi connectivity index (χ1v) is 14.5. The van der Waals surface area contributed by atoms with Crippen molar-refractivity contribution in [1.29, 1.82) is 0 Å². The molecule has 2 fully saturated rings. The third kappa shape index (κ3) is 4.58. The molecule has 0 spiro atoms. The van der Waals surface area contributed by atoms with Gasteiger partial charge < -0.3 is 59.3 Å². The first kappa shape index (κ1) is 30.1. The number of fused-ring (bicyclic) bond motifs is 2. The lowest BCUT2D eigenvalue weighted by atomic mass is 9.72.